The van der Waals surface area contributed by atoms with Crippen molar-refractivity contribution in [3.05, 3.63) is 12.2 Å². The Morgan fingerprint density at radius 2 is 0.932 bits per heavy atom. The van der Waals surface area contributed by atoms with Crippen molar-refractivity contribution < 1.29 is 49.0 Å². The summed E-state index contributed by atoms with van der Waals surface area (Å²) in [5.74, 6) is -0.849. The number of allylic oxidation sites excluding steroid dienone is 2. The summed E-state index contributed by atoms with van der Waals surface area (Å²) in [5.41, 5.74) is 0. The molecule has 59 heavy (non-hydrogen) atoms. The molecule has 1 heterocycles. The van der Waals surface area contributed by atoms with Gasteiger partial charge in [0.15, 0.2) is 12.4 Å². The van der Waals surface area contributed by atoms with E-state index in [-0.39, 0.29) is 26.1 Å². The maximum Gasteiger partial charge on any atom is 0.306 e. The SMILES string of the molecule is CCCCCCCCCCCCC/C=C/CCC(=O)OC[C@H](CO[C@@H]1O[C@H](CO)[C@H](O)C(O)C1O)OC(=O)CCCCCCCCCCCCCCCCCCCCC. The molecule has 1 aliphatic rings. The fourth-order valence-electron chi connectivity index (χ4n) is 7.74. The second kappa shape index (κ2) is 40.5. The Labute approximate surface area is 361 Å². The molecule has 4 N–H and O–H groups in total. The number of esters is 2. The highest BCUT2D eigenvalue weighted by Gasteiger charge is 2.44. The summed E-state index contributed by atoms with van der Waals surface area (Å²) >= 11 is 0. The first-order valence-corrected chi connectivity index (χ1v) is 24.8. The Morgan fingerprint density at radius 3 is 1.39 bits per heavy atom. The molecule has 0 aromatic rings. The summed E-state index contributed by atoms with van der Waals surface area (Å²) in [6.07, 6.45) is 36.6. The smallest absolute Gasteiger partial charge is 0.306 e. The zero-order valence-electron chi connectivity index (χ0n) is 38.0. The molecule has 0 aliphatic carbocycles. The van der Waals surface area contributed by atoms with Crippen LogP contribution in [0.3, 0.4) is 0 Å². The van der Waals surface area contributed by atoms with Gasteiger partial charge < -0.3 is 39.4 Å². The van der Waals surface area contributed by atoms with Gasteiger partial charge in [0.05, 0.1) is 13.2 Å². The van der Waals surface area contributed by atoms with Crippen LogP contribution in [-0.2, 0) is 28.5 Å². The molecule has 0 saturated carbocycles. The van der Waals surface area contributed by atoms with Gasteiger partial charge in [0.2, 0.25) is 0 Å². The monoisotopic (exact) mass is 841 g/mol. The van der Waals surface area contributed by atoms with Gasteiger partial charge in [-0.3, -0.25) is 9.59 Å². The van der Waals surface area contributed by atoms with Crippen LogP contribution in [-0.4, -0.2) is 89.0 Å². The van der Waals surface area contributed by atoms with E-state index in [2.05, 4.69) is 19.9 Å². The third kappa shape index (κ3) is 31.9. The van der Waals surface area contributed by atoms with Crippen LogP contribution < -0.4 is 0 Å². The molecule has 0 amide bonds. The van der Waals surface area contributed by atoms with E-state index in [1.807, 2.05) is 6.08 Å². The molecular formula is C49H92O10. The first-order chi connectivity index (χ1) is 28.8. The molecule has 0 spiro atoms. The number of rotatable bonds is 42. The fraction of sp³-hybridized carbons (Fsp3) is 0.918. The molecule has 1 saturated heterocycles. The molecule has 0 bridgehead atoms. The van der Waals surface area contributed by atoms with Crippen molar-refractivity contribution in [1.29, 1.82) is 0 Å². The zero-order chi connectivity index (χ0) is 43.0. The van der Waals surface area contributed by atoms with E-state index in [4.69, 9.17) is 18.9 Å². The van der Waals surface area contributed by atoms with Gasteiger partial charge in [0.25, 0.3) is 0 Å². The van der Waals surface area contributed by atoms with Gasteiger partial charge >= 0.3 is 11.9 Å². The van der Waals surface area contributed by atoms with Crippen molar-refractivity contribution in [2.75, 3.05) is 19.8 Å². The zero-order valence-corrected chi connectivity index (χ0v) is 38.0. The number of carbonyl (C=O) groups excluding carboxylic acids is 2. The van der Waals surface area contributed by atoms with E-state index in [1.54, 1.807) is 0 Å². The highest BCUT2D eigenvalue weighted by molar-refractivity contribution is 5.70. The molecule has 348 valence electrons. The van der Waals surface area contributed by atoms with E-state index in [0.29, 0.717) is 12.8 Å². The van der Waals surface area contributed by atoms with Crippen molar-refractivity contribution in [2.24, 2.45) is 0 Å². The topological polar surface area (TPSA) is 152 Å². The Morgan fingerprint density at radius 1 is 0.508 bits per heavy atom. The molecule has 10 heteroatoms. The summed E-state index contributed by atoms with van der Waals surface area (Å²) in [6, 6.07) is 0. The van der Waals surface area contributed by atoms with Gasteiger partial charge in [-0.2, -0.15) is 0 Å². The van der Waals surface area contributed by atoms with Crippen LogP contribution >= 0.6 is 0 Å². The summed E-state index contributed by atoms with van der Waals surface area (Å²) in [7, 11) is 0. The first kappa shape index (κ1) is 55.5. The molecule has 1 fully saturated rings. The lowest BCUT2D eigenvalue weighted by atomic mass is 9.99. The molecule has 6 atom stereocenters. The summed E-state index contributed by atoms with van der Waals surface area (Å²) in [6.45, 7) is 3.42. The summed E-state index contributed by atoms with van der Waals surface area (Å²) in [4.78, 5) is 25.4. The van der Waals surface area contributed by atoms with Crippen molar-refractivity contribution >= 4 is 11.9 Å². The number of aliphatic hydroxyl groups is 4. The standard InChI is InChI=1S/C49H92O10/c1-3-5-7-9-11-13-15-17-19-20-21-22-24-26-28-30-32-34-36-38-45(52)58-42(41-57-49-48(55)47(54)46(53)43(39-50)59-49)40-56-44(51)37-35-33-31-29-27-25-23-18-16-14-12-10-8-6-4-2/h31,33,42-43,46-50,53-55H,3-30,32,34-41H2,1-2H3/b33-31+/t42-,43-,46+,47?,48?,49-/m1/s1. The second-order valence-electron chi connectivity index (χ2n) is 17.3. The molecule has 0 aromatic carbocycles. The number of unbranched alkanes of at least 4 members (excludes halogenated alkanes) is 29. The molecule has 1 aliphatic heterocycles. The minimum absolute atomic E-state index is 0.197. The van der Waals surface area contributed by atoms with E-state index in [0.717, 1.165) is 32.1 Å². The number of ether oxygens (including phenoxy) is 4. The predicted octanol–water partition coefficient (Wildman–Crippen LogP) is 11.1. The van der Waals surface area contributed by atoms with Crippen molar-refractivity contribution in [1.82, 2.24) is 0 Å². The molecule has 1 rings (SSSR count). The Balaban J connectivity index is 2.28. The Bertz CT molecular complexity index is 974. The van der Waals surface area contributed by atoms with Crippen LogP contribution in [0.5, 0.6) is 0 Å². The lowest BCUT2D eigenvalue weighted by Gasteiger charge is -2.39. The maximum atomic E-state index is 12.8. The van der Waals surface area contributed by atoms with Crippen LogP contribution in [0.2, 0.25) is 0 Å². The van der Waals surface area contributed by atoms with Crippen LogP contribution in [0.25, 0.3) is 0 Å². The van der Waals surface area contributed by atoms with Gasteiger partial charge in [-0.05, 0) is 25.7 Å². The molecule has 2 unspecified atom stereocenters. The normalized spacial score (nSPS) is 20.0. The maximum absolute atomic E-state index is 12.8. The molecular weight excluding hydrogens is 749 g/mol. The highest BCUT2D eigenvalue weighted by atomic mass is 16.7. The minimum Gasteiger partial charge on any atom is -0.462 e. The predicted molar refractivity (Wildman–Crippen MR) is 238 cm³/mol. The van der Waals surface area contributed by atoms with Crippen LogP contribution in [0.15, 0.2) is 12.2 Å². The Kier molecular flexibility index (Phi) is 38.1. The van der Waals surface area contributed by atoms with E-state index in [1.165, 1.54) is 161 Å². The first-order valence-electron chi connectivity index (χ1n) is 24.8. The third-order valence-corrected chi connectivity index (χ3v) is 11.7. The molecule has 10 nitrogen and oxygen atoms in total. The minimum atomic E-state index is -1.60. The third-order valence-electron chi connectivity index (χ3n) is 11.7. The fourth-order valence-corrected chi connectivity index (χ4v) is 7.74. The van der Waals surface area contributed by atoms with E-state index >= 15 is 0 Å². The van der Waals surface area contributed by atoms with Gasteiger partial charge in [-0.1, -0.05) is 206 Å². The van der Waals surface area contributed by atoms with Gasteiger partial charge in [-0.15, -0.1) is 0 Å². The average molecular weight is 841 g/mol. The van der Waals surface area contributed by atoms with Crippen LogP contribution in [0.4, 0.5) is 0 Å². The number of hydrogen-bond donors (Lipinski definition) is 4. The van der Waals surface area contributed by atoms with Crippen LogP contribution in [0.1, 0.15) is 232 Å². The summed E-state index contributed by atoms with van der Waals surface area (Å²) < 4.78 is 22.2. The van der Waals surface area contributed by atoms with Crippen LogP contribution in [0, 0.1) is 0 Å². The quantitative estimate of drug-likeness (QED) is 0.0265. The average Bonchev–Trinajstić information content (AvgIpc) is 3.23. The van der Waals surface area contributed by atoms with Gasteiger partial charge in [0.1, 0.15) is 31.0 Å². The highest BCUT2D eigenvalue weighted by Crippen LogP contribution is 2.23. The van der Waals surface area contributed by atoms with Crippen molar-refractivity contribution in [3.8, 4) is 0 Å². The molecule has 0 aromatic heterocycles. The Hall–Kier alpha value is -1.56. The number of hydrogen-bond acceptors (Lipinski definition) is 10. The van der Waals surface area contributed by atoms with Gasteiger partial charge in [-0.25, -0.2) is 0 Å². The second-order valence-corrected chi connectivity index (χ2v) is 17.3. The van der Waals surface area contributed by atoms with E-state index in [9.17, 15) is 30.0 Å². The number of carbonyl (C=O) groups is 2. The number of aliphatic hydroxyl groups excluding tert-OH is 4. The van der Waals surface area contributed by atoms with E-state index < -0.39 is 55.4 Å². The van der Waals surface area contributed by atoms with Crippen molar-refractivity contribution in [2.45, 2.75) is 269 Å². The largest absolute Gasteiger partial charge is 0.462 e. The summed E-state index contributed by atoms with van der Waals surface area (Å²) in [5, 5.41) is 40.1. The molecule has 0 radical (unpaired) electrons. The lowest BCUT2D eigenvalue weighted by Crippen LogP contribution is -2.59. The van der Waals surface area contributed by atoms with Gasteiger partial charge in [0, 0.05) is 12.8 Å². The van der Waals surface area contributed by atoms with Crippen molar-refractivity contribution in [3.63, 3.8) is 0 Å². The lowest BCUT2D eigenvalue weighted by molar-refractivity contribution is -0.305.